The zero-order chi connectivity index (χ0) is 14.7. The largest absolute Gasteiger partial charge is 0.488 e. The molecular weight excluding hydrogens is 260 g/mol. The van der Waals surface area contributed by atoms with Crippen molar-refractivity contribution in [3.8, 4) is 5.75 Å². The third-order valence-corrected chi connectivity index (χ3v) is 4.09. The lowest BCUT2D eigenvalue weighted by atomic mass is 9.88. The highest BCUT2D eigenvalue weighted by molar-refractivity contribution is 5.97. The number of aryl methyl sites for hydroxylation is 1. The van der Waals surface area contributed by atoms with Crippen LogP contribution in [-0.2, 0) is 19.4 Å². The van der Waals surface area contributed by atoms with Crippen LogP contribution in [0.1, 0.15) is 46.8 Å². The Labute approximate surface area is 125 Å². The van der Waals surface area contributed by atoms with Crippen LogP contribution in [0.25, 0.3) is 0 Å². The Morgan fingerprint density at radius 1 is 1.05 bits per heavy atom. The average Bonchev–Trinajstić information content (AvgIpc) is 2.53. The molecule has 21 heavy (non-hydrogen) atoms. The van der Waals surface area contributed by atoms with Gasteiger partial charge < -0.3 is 4.74 Å². The maximum Gasteiger partial charge on any atom is 0.163 e. The van der Waals surface area contributed by atoms with E-state index in [1.165, 1.54) is 24.0 Å². The first-order chi connectivity index (χ1) is 10.3. The van der Waals surface area contributed by atoms with Crippen LogP contribution >= 0.6 is 0 Å². The lowest BCUT2D eigenvalue weighted by Crippen LogP contribution is -2.10. The van der Waals surface area contributed by atoms with E-state index in [4.69, 9.17) is 4.74 Å². The van der Waals surface area contributed by atoms with Crippen LogP contribution in [0.3, 0.4) is 0 Å². The summed E-state index contributed by atoms with van der Waals surface area (Å²) in [4.78, 5) is 11.9. The minimum atomic E-state index is 0.0754. The van der Waals surface area contributed by atoms with E-state index < -0.39 is 0 Å². The fourth-order valence-corrected chi connectivity index (χ4v) is 2.97. The van der Waals surface area contributed by atoms with Crippen LogP contribution in [0.5, 0.6) is 5.75 Å². The van der Waals surface area contributed by atoms with Crippen LogP contribution < -0.4 is 4.74 Å². The van der Waals surface area contributed by atoms with Crippen LogP contribution in [0, 0.1) is 0 Å². The van der Waals surface area contributed by atoms with Crippen molar-refractivity contribution in [2.45, 2.75) is 39.2 Å². The van der Waals surface area contributed by atoms with E-state index in [1.54, 1.807) is 6.92 Å². The first-order valence-corrected chi connectivity index (χ1v) is 7.58. The first-order valence-electron chi connectivity index (χ1n) is 7.58. The molecule has 0 heterocycles. The Balaban J connectivity index is 1.93. The summed E-state index contributed by atoms with van der Waals surface area (Å²) in [6, 6.07) is 14.1. The van der Waals surface area contributed by atoms with E-state index in [0.29, 0.717) is 12.2 Å². The molecule has 108 valence electrons. The molecule has 0 bridgehead atoms. The number of rotatable bonds is 4. The van der Waals surface area contributed by atoms with Gasteiger partial charge in [0, 0.05) is 0 Å². The molecule has 0 saturated carbocycles. The standard InChI is InChI=1S/C19H20O2/c1-14(20)17-12-11-16-9-5-6-10-18(16)19(17)21-13-15-7-3-2-4-8-15/h2-4,7-8,11-12H,5-6,9-10,13H2,1H3. The molecule has 0 radical (unpaired) electrons. The minimum Gasteiger partial charge on any atom is -0.488 e. The number of fused-ring (bicyclic) bond motifs is 1. The summed E-state index contributed by atoms with van der Waals surface area (Å²) in [6.07, 6.45) is 4.51. The fraction of sp³-hybridized carbons (Fsp3) is 0.316. The highest BCUT2D eigenvalue weighted by Gasteiger charge is 2.19. The molecule has 0 unspecified atom stereocenters. The number of hydrogen-bond donors (Lipinski definition) is 0. The van der Waals surface area contributed by atoms with Crippen molar-refractivity contribution in [3.05, 3.63) is 64.7 Å². The summed E-state index contributed by atoms with van der Waals surface area (Å²) in [5, 5.41) is 0. The van der Waals surface area contributed by atoms with Crippen molar-refractivity contribution in [3.63, 3.8) is 0 Å². The Kier molecular flexibility index (Phi) is 4.05. The molecule has 0 fully saturated rings. The number of benzene rings is 2. The highest BCUT2D eigenvalue weighted by Crippen LogP contribution is 2.33. The Hall–Kier alpha value is -2.09. The number of carbonyl (C=O) groups is 1. The molecule has 2 aromatic carbocycles. The molecule has 0 amide bonds. The molecule has 2 aromatic rings. The lowest BCUT2D eigenvalue weighted by molar-refractivity contribution is 0.101. The summed E-state index contributed by atoms with van der Waals surface area (Å²) >= 11 is 0. The average molecular weight is 280 g/mol. The maximum atomic E-state index is 11.9. The molecule has 2 heteroatoms. The van der Waals surface area contributed by atoms with Gasteiger partial charge in [0.15, 0.2) is 5.78 Å². The fourth-order valence-electron chi connectivity index (χ4n) is 2.97. The molecule has 2 nitrogen and oxygen atoms in total. The summed E-state index contributed by atoms with van der Waals surface area (Å²) in [5.41, 5.74) is 4.42. The number of hydrogen-bond acceptors (Lipinski definition) is 2. The van der Waals surface area contributed by atoms with Crippen molar-refractivity contribution >= 4 is 5.78 Å². The van der Waals surface area contributed by atoms with Crippen LogP contribution in [0.2, 0.25) is 0 Å². The molecule has 1 aliphatic rings. The van der Waals surface area contributed by atoms with Gasteiger partial charge in [-0.05, 0) is 55.4 Å². The second kappa shape index (κ2) is 6.13. The second-order valence-electron chi connectivity index (χ2n) is 5.62. The van der Waals surface area contributed by atoms with Gasteiger partial charge in [0.2, 0.25) is 0 Å². The van der Waals surface area contributed by atoms with Gasteiger partial charge in [0.1, 0.15) is 12.4 Å². The molecule has 0 N–H and O–H groups in total. The van der Waals surface area contributed by atoms with Crippen molar-refractivity contribution in [2.75, 3.05) is 0 Å². The second-order valence-corrected chi connectivity index (χ2v) is 5.62. The normalized spacial score (nSPS) is 13.6. The number of ether oxygens (including phenoxy) is 1. The molecule has 0 atom stereocenters. The van der Waals surface area contributed by atoms with E-state index in [9.17, 15) is 4.79 Å². The number of Topliss-reactive ketones (excluding diaryl/α,β-unsaturated/α-hetero) is 1. The molecule has 0 spiro atoms. The summed E-state index contributed by atoms with van der Waals surface area (Å²) in [7, 11) is 0. The molecule has 1 aliphatic carbocycles. The Morgan fingerprint density at radius 3 is 2.57 bits per heavy atom. The Morgan fingerprint density at radius 2 is 1.81 bits per heavy atom. The zero-order valence-corrected chi connectivity index (χ0v) is 12.4. The van der Waals surface area contributed by atoms with Gasteiger partial charge in [-0.3, -0.25) is 4.79 Å². The minimum absolute atomic E-state index is 0.0754. The quantitative estimate of drug-likeness (QED) is 0.778. The predicted molar refractivity (Wildman–Crippen MR) is 83.9 cm³/mol. The van der Waals surface area contributed by atoms with Gasteiger partial charge in [-0.1, -0.05) is 36.4 Å². The van der Waals surface area contributed by atoms with Crippen LogP contribution in [-0.4, -0.2) is 5.78 Å². The molecule has 0 aliphatic heterocycles. The maximum absolute atomic E-state index is 11.9. The first kappa shape index (κ1) is 13.9. The van der Waals surface area contributed by atoms with Gasteiger partial charge in [0.05, 0.1) is 5.56 Å². The highest BCUT2D eigenvalue weighted by atomic mass is 16.5. The van der Waals surface area contributed by atoms with E-state index in [2.05, 4.69) is 6.07 Å². The van der Waals surface area contributed by atoms with Crippen LogP contribution in [0.15, 0.2) is 42.5 Å². The number of carbonyl (C=O) groups excluding carboxylic acids is 1. The topological polar surface area (TPSA) is 26.3 Å². The van der Waals surface area contributed by atoms with Crippen LogP contribution in [0.4, 0.5) is 0 Å². The smallest absolute Gasteiger partial charge is 0.163 e. The molecule has 0 aromatic heterocycles. The molecule has 3 rings (SSSR count). The van der Waals surface area contributed by atoms with Crippen molar-refractivity contribution < 1.29 is 9.53 Å². The van der Waals surface area contributed by atoms with E-state index in [1.807, 2.05) is 36.4 Å². The summed E-state index contributed by atoms with van der Waals surface area (Å²) < 4.78 is 6.06. The lowest BCUT2D eigenvalue weighted by Gasteiger charge is -2.21. The van der Waals surface area contributed by atoms with Crippen molar-refractivity contribution in [1.29, 1.82) is 0 Å². The third kappa shape index (κ3) is 2.99. The van der Waals surface area contributed by atoms with E-state index in [0.717, 1.165) is 24.2 Å². The summed E-state index contributed by atoms with van der Waals surface area (Å²) in [6.45, 7) is 2.12. The Bertz CT molecular complexity index is 644. The van der Waals surface area contributed by atoms with Gasteiger partial charge in [-0.25, -0.2) is 0 Å². The van der Waals surface area contributed by atoms with Crippen molar-refractivity contribution in [2.24, 2.45) is 0 Å². The molecular formula is C19H20O2. The van der Waals surface area contributed by atoms with E-state index >= 15 is 0 Å². The zero-order valence-electron chi connectivity index (χ0n) is 12.4. The summed E-state index contributed by atoms with van der Waals surface area (Å²) in [5.74, 6) is 0.884. The van der Waals surface area contributed by atoms with Gasteiger partial charge >= 0.3 is 0 Å². The number of ketones is 1. The third-order valence-electron chi connectivity index (χ3n) is 4.09. The van der Waals surface area contributed by atoms with Gasteiger partial charge in [0.25, 0.3) is 0 Å². The van der Waals surface area contributed by atoms with Gasteiger partial charge in [-0.2, -0.15) is 0 Å². The molecule has 0 saturated heterocycles. The van der Waals surface area contributed by atoms with E-state index in [-0.39, 0.29) is 5.78 Å². The monoisotopic (exact) mass is 280 g/mol. The van der Waals surface area contributed by atoms with Gasteiger partial charge in [-0.15, -0.1) is 0 Å². The SMILES string of the molecule is CC(=O)c1ccc2c(c1OCc1ccccc1)CCCC2. The predicted octanol–water partition coefficient (Wildman–Crippen LogP) is 4.35. The van der Waals surface area contributed by atoms with Crippen molar-refractivity contribution in [1.82, 2.24) is 0 Å².